The maximum Gasteiger partial charge on any atom is 0.227 e. The number of nitrogens with zero attached hydrogens (tertiary/aromatic N) is 4. The Morgan fingerprint density at radius 3 is 2.79 bits per heavy atom. The van der Waals surface area contributed by atoms with Gasteiger partial charge in [0.1, 0.15) is 5.65 Å². The van der Waals surface area contributed by atoms with Crippen LogP contribution in [-0.4, -0.2) is 40.7 Å². The van der Waals surface area contributed by atoms with Crippen molar-refractivity contribution >= 4 is 17.0 Å². The highest BCUT2D eigenvalue weighted by molar-refractivity contribution is 5.75. The predicted octanol–water partition coefficient (Wildman–Crippen LogP) is 0.0465. The third kappa shape index (κ3) is 2.08. The molecular weight excluding hydrogens is 242 g/mol. The van der Waals surface area contributed by atoms with E-state index in [9.17, 15) is 4.79 Å². The largest absolute Gasteiger partial charge is 0.338 e. The molecule has 0 aliphatic carbocycles. The first kappa shape index (κ1) is 12.1. The third-order valence-electron chi connectivity index (χ3n) is 3.48. The second-order valence-electron chi connectivity index (χ2n) is 4.90. The number of pyridine rings is 1. The SMILES string of the molecule is Cc1cn(C)c2nc(N3CCNCC3)ncc2c1=O. The number of hydrogen-bond donors (Lipinski definition) is 1. The van der Waals surface area contributed by atoms with Crippen LogP contribution in [0.1, 0.15) is 5.56 Å². The number of aryl methyl sites for hydroxylation is 2. The van der Waals surface area contributed by atoms with Crippen LogP contribution in [-0.2, 0) is 7.05 Å². The first-order chi connectivity index (χ1) is 9.16. The number of anilines is 1. The first-order valence-electron chi connectivity index (χ1n) is 6.45. The van der Waals surface area contributed by atoms with Crippen LogP contribution < -0.4 is 15.6 Å². The average Bonchev–Trinajstić information content (AvgIpc) is 2.45. The number of aromatic nitrogens is 3. The Morgan fingerprint density at radius 2 is 2.05 bits per heavy atom. The molecule has 0 unspecified atom stereocenters. The summed E-state index contributed by atoms with van der Waals surface area (Å²) in [4.78, 5) is 23.1. The molecule has 19 heavy (non-hydrogen) atoms. The van der Waals surface area contributed by atoms with Gasteiger partial charge in [-0.2, -0.15) is 4.98 Å². The van der Waals surface area contributed by atoms with Gasteiger partial charge in [0, 0.05) is 51.2 Å². The fraction of sp³-hybridized carbons (Fsp3) is 0.462. The molecule has 0 amide bonds. The molecule has 0 radical (unpaired) electrons. The van der Waals surface area contributed by atoms with Crippen LogP contribution >= 0.6 is 0 Å². The Labute approximate surface area is 111 Å². The summed E-state index contributed by atoms with van der Waals surface area (Å²) in [5.74, 6) is 0.702. The van der Waals surface area contributed by atoms with Crippen molar-refractivity contribution in [3.63, 3.8) is 0 Å². The standard InChI is InChI=1S/C13H17N5O/c1-9-8-17(2)12-10(11(9)19)7-15-13(16-12)18-5-3-14-4-6-18/h7-8,14H,3-6H2,1-2H3. The van der Waals surface area contributed by atoms with Gasteiger partial charge in [-0.25, -0.2) is 4.98 Å². The van der Waals surface area contributed by atoms with Crippen LogP contribution in [0.5, 0.6) is 0 Å². The van der Waals surface area contributed by atoms with Crippen molar-refractivity contribution in [1.82, 2.24) is 19.9 Å². The highest BCUT2D eigenvalue weighted by atomic mass is 16.1. The summed E-state index contributed by atoms with van der Waals surface area (Å²) < 4.78 is 1.89. The molecule has 2 aromatic rings. The molecule has 0 spiro atoms. The van der Waals surface area contributed by atoms with E-state index >= 15 is 0 Å². The average molecular weight is 259 g/mol. The Hall–Kier alpha value is -1.95. The Kier molecular flexibility index (Phi) is 2.94. The van der Waals surface area contributed by atoms with Crippen molar-refractivity contribution in [2.75, 3.05) is 31.1 Å². The van der Waals surface area contributed by atoms with Crippen molar-refractivity contribution in [2.24, 2.45) is 7.05 Å². The number of rotatable bonds is 1. The van der Waals surface area contributed by atoms with Crippen LogP contribution in [0, 0.1) is 6.92 Å². The second kappa shape index (κ2) is 4.62. The fourth-order valence-electron chi connectivity index (χ4n) is 2.43. The smallest absolute Gasteiger partial charge is 0.227 e. The molecule has 100 valence electrons. The Bertz CT molecular complexity index is 673. The summed E-state index contributed by atoms with van der Waals surface area (Å²) in [7, 11) is 1.91. The molecule has 6 nitrogen and oxygen atoms in total. The van der Waals surface area contributed by atoms with E-state index < -0.39 is 0 Å². The molecule has 0 atom stereocenters. The molecule has 0 saturated carbocycles. The van der Waals surface area contributed by atoms with Crippen LogP contribution in [0.2, 0.25) is 0 Å². The molecule has 3 heterocycles. The maximum absolute atomic E-state index is 12.1. The van der Waals surface area contributed by atoms with Gasteiger partial charge in [0.05, 0.1) is 5.39 Å². The quantitative estimate of drug-likeness (QED) is 0.784. The number of hydrogen-bond acceptors (Lipinski definition) is 5. The predicted molar refractivity (Wildman–Crippen MR) is 74.6 cm³/mol. The molecule has 6 heteroatoms. The van der Waals surface area contributed by atoms with Crippen LogP contribution in [0.15, 0.2) is 17.2 Å². The normalized spacial score (nSPS) is 16.0. The zero-order valence-corrected chi connectivity index (χ0v) is 11.2. The first-order valence-corrected chi connectivity index (χ1v) is 6.45. The van der Waals surface area contributed by atoms with Crippen LogP contribution in [0.25, 0.3) is 11.0 Å². The third-order valence-corrected chi connectivity index (χ3v) is 3.48. The molecule has 1 fully saturated rings. The minimum atomic E-state index is 0.0139. The van der Waals surface area contributed by atoms with Gasteiger partial charge in [0.15, 0.2) is 5.43 Å². The highest BCUT2D eigenvalue weighted by Gasteiger charge is 2.15. The van der Waals surface area contributed by atoms with Crippen molar-refractivity contribution in [1.29, 1.82) is 0 Å². The highest BCUT2D eigenvalue weighted by Crippen LogP contribution is 2.13. The lowest BCUT2D eigenvalue weighted by Gasteiger charge is -2.27. The lowest BCUT2D eigenvalue weighted by Crippen LogP contribution is -2.44. The van der Waals surface area contributed by atoms with Gasteiger partial charge in [0.25, 0.3) is 0 Å². The Morgan fingerprint density at radius 1 is 1.32 bits per heavy atom. The van der Waals surface area contributed by atoms with Crippen molar-refractivity contribution in [3.8, 4) is 0 Å². The van der Waals surface area contributed by atoms with E-state index in [1.165, 1.54) is 0 Å². The van der Waals surface area contributed by atoms with E-state index in [2.05, 4.69) is 20.2 Å². The molecule has 3 rings (SSSR count). The van der Waals surface area contributed by atoms with Gasteiger partial charge >= 0.3 is 0 Å². The molecule has 0 aromatic carbocycles. The summed E-state index contributed by atoms with van der Waals surface area (Å²) in [5.41, 5.74) is 1.42. The van der Waals surface area contributed by atoms with Crippen LogP contribution in [0.3, 0.4) is 0 Å². The van der Waals surface area contributed by atoms with E-state index in [1.54, 1.807) is 6.20 Å². The van der Waals surface area contributed by atoms with Crippen molar-refractivity contribution < 1.29 is 0 Å². The molecule has 1 N–H and O–H groups in total. The summed E-state index contributed by atoms with van der Waals surface area (Å²) in [6.07, 6.45) is 3.47. The lowest BCUT2D eigenvalue weighted by atomic mass is 10.2. The van der Waals surface area contributed by atoms with Gasteiger partial charge in [0.2, 0.25) is 5.95 Å². The van der Waals surface area contributed by atoms with Crippen LogP contribution in [0.4, 0.5) is 5.95 Å². The zero-order valence-electron chi connectivity index (χ0n) is 11.2. The van der Waals surface area contributed by atoms with Gasteiger partial charge in [-0.05, 0) is 6.92 Å². The van der Waals surface area contributed by atoms with E-state index in [4.69, 9.17) is 0 Å². The number of fused-ring (bicyclic) bond motifs is 1. The van der Waals surface area contributed by atoms with E-state index in [1.807, 2.05) is 24.7 Å². The van der Waals surface area contributed by atoms with Crippen molar-refractivity contribution in [2.45, 2.75) is 6.92 Å². The lowest BCUT2D eigenvalue weighted by molar-refractivity contribution is 0.580. The monoisotopic (exact) mass is 259 g/mol. The molecule has 1 aliphatic rings. The van der Waals surface area contributed by atoms with Gasteiger partial charge in [-0.15, -0.1) is 0 Å². The van der Waals surface area contributed by atoms with Gasteiger partial charge < -0.3 is 14.8 Å². The van der Waals surface area contributed by atoms with Gasteiger partial charge in [-0.3, -0.25) is 4.79 Å². The van der Waals surface area contributed by atoms with Gasteiger partial charge in [-0.1, -0.05) is 0 Å². The molecule has 2 aromatic heterocycles. The summed E-state index contributed by atoms with van der Waals surface area (Å²) in [6, 6.07) is 0. The minimum Gasteiger partial charge on any atom is -0.338 e. The number of nitrogens with one attached hydrogen (secondary N) is 1. The Balaban J connectivity index is 2.13. The topological polar surface area (TPSA) is 63.1 Å². The summed E-state index contributed by atoms with van der Waals surface area (Å²) >= 11 is 0. The van der Waals surface area contributed by atoms with E-state index in [0.717, 1.165) is 26.2 Å². The molecular formula is C13H17N5O. The minimum absolute atomic E-state index is 0.0139. The van der Waals surface area contributed by atoms with Crippen molar-refractivity contribution in [3.05, 3.63) is 28.2 Å². The fourth-order valence-corrected chi connectivity index (χ4v) is 2.43. The maximum atomic E-state index is 12.1. The zero-order chi connectivity index (χ0) is 13.4. The molecule has 1 aliphatic heterocycles. The molecule has 0 bridgehead atoms. The van der Waals surface area contributed by atoms with E-state index in [-0.39, 0.29) is 5.43 Å². The second-order valence-corrected chi connectivity index (χ2v) is 4.90. The molecule has 1 saturated heterocycles. The summed E-state index contributed by atoms with van der Waals surface area (Å²) in [6.45, 7) is 5.48. The number of piperazine rings is 1. The van der Waals surface area contributed by atoms with E-state index in [0.29, 0.717) is 22.5 Å². The summed E-state index contributed by atoms with van der Waals surface area (Å²) in [5, 5.41) is 3.88.